The average molecular weight is 383 g/mol. The van der Waals surface area contributed by atoms with Gasteiger partial charge in [0, 0.05) is 44.5 Å². The summed E-state index contributed by atoms with van der Waals surface area (Å²) in [6, 6.07) is 11.8. The van der Waals surface area contributed by atoms with Crippen molar-refractivity contribution in [1.29, 1.82) is 0 Å². The number of nitrogens with zero attached hydrogens (tertiary/aromatic N) is 3. The second-order valence-electron chi connectivity index (χ2n) is 7.49. The fourth-order valence-electron chi connectivity index (χ4n) is 3.38. The number of aromatic nitrogens is 1. The Morgan fingerprint density at radius 2 is 1.86 bits per heavy atom. The molecular weight excluding hydrogens is 352 g/mol. The standard InChI is InChI=1S/C22H30N4O2/c1-17(2)8-10-24-22(27)18-9-11-23-21(16-18)26-14-12-25(13-15-26)19-6-4-5-7-20(19)28-3/h4-7,9,11,16-17H,8,10,12-15H2,1-3H3,(H,24,27). The molecule has 0 bridgehead atoms. The lowest BCUT2D eigenvalue weighted by atomic mass is 10.1. The zero-order valence-corrected chi connectivity index (χ0v) is 17.0. The molecule has 0 aliphatic carbocycles. The number of anilines is 2. The van der Waals surface area contributed by atoms with E-state index in [1.807, 2.05) is 24.3 Å². The average Bonchev–Trinajstić information content (AvgIpc) is 2.73. The highest BCUT2D eigenvalue weighted by molar-refractivity contribution is 5.94. The van der Waals surface area contributed by atoms with Crippen molar-refractivity contribution in [2.75, 3.05) is 49.6 Å². The van der Waals surface area contributed by atoms with Crippen molar-refractivity contribution in [3.63, 3.8) is 0 Å². The molecule has 0 radical (unpaired) electrons. The van der Waals surface area contributed by atoms with Crippen LogP contribution in [0.25, 0.3) is 0 Å². The van der Waals surface area contributed by atoms with E-state index < -0.39 is 0 Å². The largest absolute Gasteiger partial charge is 0.495 e. The molecule has 3 rings (SSSR count). The van der Waals surface area contributed by atoms with E-state index >= 15 is 0 Å². The van der Waals surface area contributed by atoms with Crippen LogP contribution in [0.15, 0.2) is 42.6 Å². The highest BCUT2D eigenvalue weighted by Crippen LogP contribution is 2.29. The number of para-hydroxylation sites is 2. The Labute approximate surface area is 167 Å². The van der Waals surface area contributed by atoms with Crippen LogP contribution in [-0.4, -0.2) is 50.7 Å². The molecule has 1 aliphatic heterocycles. The van der Waals surface area contributed by atoms with Crippen molar-refractivity contribution < 1.29 is 9.53 Å². The number of piperazine rings is 1. The summed E-state index contributed by atoms with van der Waals surface area (Å²) >= 11 is 0. The topological polar surface area (TPSA) is 57.7 Å². The predicted octanol–water partition coefficient (Wildman–Crippen LogP) is 3.19. The smallest absolute Gasteiger partial charge is 0.251 e. The first-order chi connectivity index (χ1) is 13.6. The predicted molar refractivity (Wildman–Crippen MR) is 113 cm³/mol. The van der Waals surface area contributed by atoms with Crippen molar-refractivity contribution in [2.45, 2.75) is 20.3 Å². The van der Waals surface area contributed by atoms with E-state index in [0.29, 0.717) is 18.0 Å². The third-order valence-corrected chi connectivity index (χ3v) is 5.04. The van der Waals surface area contributed by atoms with Gasteiger partial charge >= 0.3 is 0 Å². The van der Waals surface area contributed by atoms with Gasteiger partial charge in [-0.3, -0.25) is 4.79 Å². The van der Waals surface area contributed by atoms with Crippen LogP contribution >= 0.6 is 0 Å². The number of carbonyl (C=O) groups is 1. The third-order valence-electron chi connectivity index (χ3n) is 5.04. The second-order valence-corrected chi connectivity index (χ2v) is 7.49. The molecule has 150 valence electrons. The van der Waals surface area contributed by atoms with Crippen LogP contribution < -0.4 is 19.9 Å². The van der Waals surface area contributed by atoms with Gasteiger partial charge < -0.3 is 19.9 Å². The third kappa shape index (κ3) is 4.94. The van der Waals surface area contributed by atoms with E-state index in [1.165, 1.54) is 0 Å². The molecule has 1 fully saturated rings. The van der Waals surface area contributed by atoms with Gasteiger partial charge in [0.05, 0.1) is 12.8 Å². The number of carbonyl (C=O) groups excluding carboxylic acids is 1. The van der Waals surface area contributed by atoms with E-state index in [9.17, 15) is 4.79 Å². The lowest BCUT2D eigenvalue weighted by molar-refractivity contribution is 0.0952. The summed E-state index contributed by atoms with van der Waals surface area (Å²) in [4.78, 5) is 21.4. The van der Waals surface area contributed by atoms with Gasteiger partial charge in [0.2, 0.25) is 0 Å². The maximum atomic E-state index is 12.4. The number of methoxy groups -OCH3 is 1. The van der Waals surface area contributed by atoms with Gasteiger partial charge in [0.1, 0.15) is 11.6 Å². The first kappa shape index (κ1) is 20.0. The highest BCUT2D eigenvalue weighted by Gasteiger charge is 2.21. The van der Waals surface area contributed by atoms with Crippen LogP contribution in [0.3, 0.4) is 0 Å². The van der Waals surface area contributed by atoms with Gasteiger partial charge in [0.25, 0.3) is 5.91 Å². The summed E-state index contributed by atoms with van der Waals surface area (Å²) in [5.41, 5.74) is 1.79. The SMILES string of the molecule is COc1ccccc1N1CCN(c2cc(C(=O)NCCC(C)C)ccn2)CC1. The van der Waals surface area contributed by atoms with Crippen molar-refractivity contribution >= 4 is 17.4 Å². The van der Waals surface area contributed by atoms with Crippen molar-refractivity contribution in [1.82, 2.24) is 10.3 Å². The van der Waals surface area contributed by atoms with Crippen LogP contribution in [-0.2, 0) is 0 Å². The summed E-state index contributed by atoms with van der Waals surface area (Å²) in [6.07, 6.45) is 2.70. The number of nitrogens with one attached hydrogen (secondary N) is 1. The molecule has 1 aromatic carbocycles. The molecule has 28 heavy (non-hydrogen) atoms. The molecule has 6 nitrogen and oxygen atoms in total. The van der Waals surface area contributed by atoms with Crippen LogP contribution in [0, 0.1) is 5.92 Å². The second kappa shape index (κ2) is 9.44. The quantitative estimate of drug-likeness (QED) is 0.797. The van der Waals surface area contributed by atoms with E-state index in [4.69, 9.17) is 4.74 Å². The van der Waals surface area contributed by atoms with Crippen LogP contribution in [0.4, 0.5) is 11.5 Å². The van der Waals surface area contributed by atoms with E-state index in [-0.39, 0.29) is 5.91 Å². The molecular formula is C22H30N4O2. The lowest BCUT2D eigenvalue weighted by Gasteiger charge is -2.37. The van der Waals surface area contributed by atoms with Gasteiger partial charge in [0.15, 0.2) is 0 Å². The van der Waals surface area contributed by atoms with Gasteiger partial charge in [-0.25, -0.2) is 4.98 Å². The Balaban J connectivity index is 1.61. The molecule has 0 spiro atoms. The number of hydrogen-bond donors (Lipinski definition) is 1. The molecule has 1 amide bonds. The van der Waals surface area contributed by atoms with Crippen molar-refractivity contribution in [2.24, 2.45) is 5.92 Å². The fourth-order valence-corrected chi connectivity index (χ4v) is 3.38. The Kier molecular flexibility index (Phi) is 6.74. The highest BCUT2D eigenvalue weighted by atomic mass is 16.5. The number of benzene rings is 1. The number of ether oxygens (including phenoxy) is 1. The molecule has 0 atom stereocenters. The van der Waals surface area contributed by atoms with Gasteiger partial charge in [-0.1, -0.05) is 26.0 Å². The molecule has 1 aromatic heterocycles. The number of hydrogen-bond acceptors (Lipinski definition) is 5. The van der Waals surface area contributed by atoms with Gasteiger partial charge in [-0.05, 0) is 36.6 Å². The minimum atomic E-state index is -0.0306. The summed E-state index contributed by atoms with van der Waals surface area (Å²) in [5.74, 6) is 2.30. The first-order valence-corrected chi connectivity index (χ1v) is 9.95. The summed E-state index contributed by atoms with van der Waals surface area (Å²) in [6.45, 7) is 8.47. The fraction of sp³-hybridized carbons (Fsp3) is 0.455. The van der Waals surface area contributed by atoms with E-state index in [1.54, 1.807) is 19.4 Å². The van der Waals surface area contributed by atoms with Crippen molar-refractivity contribution in [3.05, 3.63) is 48.2 Å². The number of amides is 1. The normalized spacial score (nSPS) is 14.3. The van der Waals surface area contributed by atoms with Crippen LogP contribution in [0.2, 0.25) is 0 Å². The number of rotatable bonds is 7. The lowest BCUT2D eigenvalue weighted by Crippen LogP contribution is -2.47. The van der Waals surface area contributed by atoms with Crippen molar-refractivity contribution in [3.8, 4) is 5.75 Å². The Hall–Kier alpha value is -2.76. The monoisotopic (exact) mass is 382 g/mol. The molecule has 0 saturated carbocycles. The Morgan fingerprint density at radius 3 is 2.57 bits per heavy atom. The summed E-state index contributed by atoms with van der Waals surface area (Å²) in [5, 5.41) is 2.99. The van der Waals surface area contributed by atoms with E-state index in [2.05, 4.69) is 40.0 Å². The number of pyridine rings is 1. The van der Waals surface area contributed by atoms with Crippen LogP contribution in [0.5, 0.6) is 5.75 Å². The maximum Gasteiger partial charge on any atom is 0.251 e. The minimum absolute atomic E-state index is 0.0306. The first-order valence-electron chi connectivity index (χ1n) is 9.95. The molecule has 0 unspecified atom stereocenters. The Bertz CT molecular complexity index is 786. The molecule has 2 heterocycles. The molecule has 1 N–H and O–H groups in total. The van der Waals surface area contributed by atoms with Crippen LogP contribution in [0.1, 0.15) is 30.6 Å². The van der Waals surface area contributed by atoms with E-state index in [0.717, 1.165) is 49.9 Å². The molecule has 1 saturated heterocycles. The Morgan fingerprint density at radius 1 is 1.14 bits per heavy atom. The molecule has 2 aromatic rings. The van der Waals surface area contributed by atoms with Gasteiger partial charge in [-0.2, -0.15) is 0 Å². The minimum Gasteiger partial charge on any atom is -0.495 e. The zero-order chi connectivity index (χ0) is 19.9. The van der Waals surface area contributed by atoms with Gasteiger partial charge in [-0.15, -0.1) is 0 Å². The molecule has 1 aliphatic rings. The summed E-state index contributed by atoms with van der Waals surface area (Å²) < 4.78 is 5.49. The maximum absolute atomic E-state index is 12.4. The molecule has 6 heteroatoms. The zero-order valence-electron chi connectivity index (χ0n) is 17.0. The summed E-state index contributed by atoms with van der Waals surface area (Å²) in [7, 11) is 1.71.